The van der Waals surface area contributed by atoms with Gasteiger partial charge in [-0.25, -0.2) is 4.68 Å². The van der Waals surface area contributed by atoms with Crippen LogP contribution < -0.4 is 0 Å². The highest BCUT2D eigenvalue weighted by atomic mass is 16.3. The average Bonchev–Trinajstić information content (AvgIpc) is 2.90. The van der Waals surface area contributed by atoms with E-state index in [1.165, 1.54) is 0 Å². The predicted octanol–water partition coefficient (Wildman–Crippen LogP) is 2.05. The molecule has 2 aromatic carbocycles. The van der Waals surface area contributed by atoms with E-state index < -0.39 is 6.10 Å². The molecule has 0 aliphatic rings. The van der Waals surface area contributed by atoms with Crippen molar-refractivity contribution in [2.45, 2.75) is 6.10 Å². The van der Waals surface area contributed by atoms with Gasteiger partial charge >= 0.3 is 0 Å². The highest BCUT2D eigenvalue weighted by Gasteiger charge is 2.10. The molecule has 19 heavy (non-hydrogen) atoms. The maximum absolute atomic E-state index is 9.71. The summed E-state index contributed by atoms with van der Waals surface area (Å²) < 4.78 is 1.82. The second-order valence-corrected chi connectivity index (χ2v) is 4.41. The van der Waals surface area contributed by atoms with Crippen molar-refractivity contribution in [3.05, 3.63) is 60.3 Å². The summed E-state index contributed by atoms with van der Waals surface area (Å²) in [5.41, 5.74) is 2.57. The van der Waals surface area contributed by atoms with Gasteiger partial charge in [-0.05, 0) is 23.8 Å². The molecule has 0 aliphatic heterocycles. The van der Waals surface area contributed by atoms with Gasteiger partial charge in [-0.3, -0.25) is 0 Å². The van der Waals surface area contributed by atoms with Crippen molar-refractivity contribution >= 4 is 10.9 Å². The van der Waals surface area contributed by atoms with E-state index in [1.807, 2.05) is 47.1 Å². The Balaban J connectivity index is 2.16. The van der Waals surface area contributed by atoms with Crippen LogP contribution in [-0.4, -0.2) is 26.6 Å². The van der Waals surface area contributed by atoms with Gasteiger partial charge in [0, 0.05) is 5.39 Å². The molecule has 1 atom stereocenters. The quantitative estimate of drug-likeness (QED) is 0.752. The zero-order valence-corrected chi connectivity index (χ0v) is 10.3. The van der Waals surface area contributed by atoms with Crippen LogP contribution in [0.15, 0.2) is 54.7 Å². The van der Waals surface area contributed by atoms with E-state index in [1.54, 1.807) is 12.3 Å². The fraction of sp³-hybridized carbons (Fsp3) is 0.133. The Hall–Kier alpha value is -2.17. The number of rotatable bonds is 3. The normalized spacial score (nSPS) is 12.7. The van der Waals surface area contributed by atoms with E-state index >= 15 is 0 Å². The third kappa shape index (κ3) is 2.12. The Morgan fingerprint density at radius 2 is 1.89 bits per heavy atom. The van der Waals surface area contributed by atoms with Crippen molar-refractivity contribution in [3.8, 4) is 5.69 Å². The van der Waals surface area contributed by atoms with E-state index in [0.29, 0.717) is 5.56 Å². The number of aliphatic hydroxyl groups is 2. The smallest absolute Gasteiger partial charge is 0.102 e. The van der Waals surface area contributed by atoms with Crippen molar-refractivity contribution in [1.82, 2.24) is 9.78 Å². The number of aromatic nitrogens is 2. The number of hydrogen-bond acceptors (Lipinski definition) is 3. The minimum atomic E-state index is -0.858. The molecule has 1 heterocycles. The molecular weight excluding hydrogens is 240 g/mol. The van der Waals surface area contributed by atoms with Crippen LogP contribution in [0.5, 0.6) is 0 Å². The van der Waals surface area contributed by atoms with Crippen molar-refractivity contribution in [2.75, 3.05) is 6.61 Å². The third-order valence-corrected chi connectivity index (χ3v) is 3.15. The maximum atomic E-state index is 9.71. The van der Waals surface area contributed by atoms with E-state index in [2.05, 4.69) is 5.10 Å². The summed E-state index contributed by atoms with van der Waals surface area (Å²) >= 11 is 0. The molecule has 0 fully saturated rings. The SMILES string of the molecule is OC[C@@H](O)c1ccc2cnn(-c3ccccc3)c2c1. The van der Waals surface area contributed by atoms with Crippen LogP contribution in [-0.2, 0) is 0 Å². The van der Waals surface area contributed by atoms with Crippen LogP contribution in [0, 0.1) is 0 Å². The van der Waals surface area contributed by atoms with Crippen LogP contribution in [0.2, 0.25) is 0 Å². The largest absolute Gasteiger partial charge is 0.393 e. The monoisotopic (exact) mass is 254 g/mol. The lowest BCUT2D eigenvalue weighted by Crippen LogP contribution is -2.03. The first-order valence-electron chi connectivity index (χ1n) is 6.11. The number of nitrogens with zero attached hydrogens (tertiary/aromatic N) is 2. The molecule has 0 saturated heterocycles. The lowest BCUT2D eigenvalue weighted by atomic mass is 10.1. The van der Waals surface area contributed by atoms with Crippen molar-refractivity contribution in [3.63, 3.8) is 0 Å². The van der Waals surface area contributed by atoms with E-state index in [9.17, 15) is 5.11 Å². The molecule has 0 radical (unpaired) electrons. The number of para-hydroxylation sites is 1. The average molecular weight is 254 g/mol. The van der Waals surface area contributed by atoms with Crippen LogP contribution in [0.25, 0.3) is 16.6 Å². The summed E-state index contributed by atoms with van der Waals surface area (Å²) in [6, 6.07) is 15.4. The summed E-state index contributed by atoms with van der Waals surface area (Å²) in [6.45, 7) is -0.287. The van der Waals surface area contributed by atoms with Crippen molar-refractivity contribution < 1.29 is 10.2 Å². The summed E-state index contributed by atoms with van der Waals surface area (Å²) in [5, 5.41) is 24.1. The topological polar surface area (TPSA) is 58.3 Å². The van der Waals surface area contributed by atoms with Crippen molar-refractivity contribution in [1.29, 1.82) is 0 Å². The minimum Gasteiger partial charge on any atom is -0.393 e. The van der Waals surface area contributed by atoms with Gasteiger partial charge in [0.15, 0.2) is 0 Å². The molecule has 3 rings (SSSR count). The fourth-order valence-corrected chi connectivity index (χ4v) is 2.12. The molecule has 2 N–H and O–H groups in total. The molecule has 3 aromatic rings. The zero-order chi connectivity index (χ0) is 13.2. The summed E-state index contributed by atoms with van der Waals surface area (Å²) in [7, 11) is 0. The number of aliphatic hydroxyl groups excluding tert-OH is 2. The lowest BCUT2D eigenvalue weighted by Gasteiger charge is -2.08. The molecule has 4 nitrogen and oxygen atoms in total. The number of benzene rings is 2. The first-order valence-corrected chi connectivity index (χ1v) is 6.11. The van der Waals surface area contributed by atoms with Gasteiger partial charge in [-0.1, -0.05) is 30.3 Å². The Morgan fingerprint density at radius 3 is 2.63 bits per heavy atom. The van der Waals surface area contributed by atoms with Crippen LogP contribution in [0.4, 0.5) is 0 Å². The molecule has 0 aliphatic carbocycles. The van der Waals surface area contributed by atoms with Crippen LogP contribution in [0.3, 0.4) is 0 Å². The Bertz CT molecular complexity index is 692. The molecule has 0 amide bonds. The fourth-order valence-electron chi connectivity index (χ4n) is 2.12. The highest BCUT2D eigenvalue weighted by Crippen LogP contribution is 2.22. The van der Waals surface area contributed by atoms with Gasteiger partial charge in [-0.2, -0.15) is 5.10 Å². The number of fused-ring (bicyclic) bond motifs is 1. The minimum absolute atomic E-state index is 0.287. The second-order valence-electron chi connectivity index (χ2n) is 4.41. The third-order valence-electron chi connectivity index (χ3n) is 3.15. The van der Waals surface area contributed by atoms with Gasteiger partial charge in [0.2, 0.25) is 0 Å². The van der Waals surface area contributed by atoms with Gasteiger partial charge in [0.1, 0.15) is 6.10 Å². The maximum Gasteiger partial charge on any atom is 0.102 e. The summed E-state index contributed by atoms with van der Waals surface area (Å²) in [5.74, 6) is 0. The first-order chi connectivity index (χ1) is 9.29. The van der Waals surface area contributed by atoms with Gasteiger partial charge < -0.3 is 10.2 Å². The molecule has 1 aromatic heterocycles. The molecule has 0 spiro atoms. The molecule has 0 saturated carbocycles. The second kappa shape index (κ2) is 4.84. The molecule has 0 bridgehead atoms. The predicted molar refractivity (Wildman–Crippen MR) is 73.1 cm³/mol. The Labute approximate surface area is 110 Å². The zero-order valence-electron chi connectivity index (χ0n) is 10.3. The molecule has 96 valence electrons. The van der Waals surface area contributed by atoms with Crippen LogP contribution >= 0.6 is 0 Å². The highest BCUT2D eigenvalue weighted by molar-refractivity contribution is 5.81. The molecule has 4 heteroatoms. The lowest BCUT2D eigenvalue weighted by molar-refractivity contribution is 0.0957. The van der Waals surface area contributed by atoms with Gasteiger partial charge in [0.05, 0.1) is 24.0 Å². The first kappa shape index (κ1) is 11.9. The summed E-state index contributed by atoms with van der Waals surface area (Å²) in [6.07, 6.45) is 0.931. The Morgan fingerprint density at radius 1 is 1.11 bits per heavy atom. The van der Waals surface area contributed by atoms with Crippen LogP contribution in [0.1, 0.15) is 11.7 Å². The van der Waals surface area contributed by atoms with Crippen molar-refractivity contribution in [2.24, 2.45) is 0 Å². The van der Waals surface area contributed by atoms with E-state index in [0.717, 1.165) is 16.6 Å². The number of hydrogen-bond donors (Lipinski definition) is 2. The van der Waals surface area contributed by atoms with E-state index in [-0.39, 0.29) is 6.61 Å². The van der Waals surface area contributed by atoms with Gasteiger partial charge in [0.25, 0.3) is 0 Å². The summed E-state index contributed by atoms with van der Waals surface area (Å²) in [4.78, 5) is 0. The van der Waals surface area contributed by atoms with E-state index in [4.69, 9.17) is 5.11 Å². The Kier molecular flexibility index (Phi) is 3.03. The molecular formula is C15H14N2O2. The van der Waals surface area contributed by atoms with Gasteiger partial charge in [-0.15, -0.1) is 0 Å². The standard InChI is InChI=1S/C15H14N2O2/c18-10-15(19)11-6-7-12-9-16-17(14(12)8-11)13-4-2-1-3-5-13/h1-9,15,18-19H,10H2/t15-/m1/s1. The molecule has 0 unspecified atom stereocenters.